The average Bonchev–Trinajstić information content (AvgIpc) is 2.58. The average molecular weight is 315 g/mol. The summed E-state index contributed by atoms with van der Waals surface area (Å²) in [6, 6.07) is 12.5. The van der Waals surface area contributed by atoms with Crippen LogP contribution < -0.4 is 4.74 Å². The van der Waals surface area contributed by atoms with E-state index in [1.54, 1.807) is 4.90 Å². The number of aromatic nitrogens is 1. The standard InChI is InChI=1S/C16H17N3O4/c1-2-18(11-13-7-4-3-5-8-13)15(20)12-23-14-9-6-10-17-16(14)19(21)22/h3-10H,2,11-12H2,1H3. The van der Waals surface area contributed by atoms with Crippen LogP contribution >= 0.6 is 0 Å². The maximum Gasteiger partial charge on any atom is 0.406 e. The van der Waals surface area contributed by atoms with Crippen molar-refractivity contribution in [3.8, 4) is 5.75 Å². The molecule has 1 heterocycles. The summed E-state index contributed by atoms with van der Waals surface area (Å²) in [6.45, 7) is 2.58. The molecule has 2 aromatic rings. The molecule has 1 amide bonds. The topological polar surface area (TPSA) is 85.6 Å². The van der Waals surface area contributed by atoms with Gasteiger partial charge in [0.1, 0.15) is 6.20 Å². The van der Waals surface area contributed by atoms with Crippen LogP contribution in [0.3, 0.4) is 0 Å². The highest BCUT2D eigenvalue weighted by atomic mass is 16.6. The van der Waals surface area contributed by atoms with Crippen molar-refractivity contribution in [3.63, 3.8) is 0 Å². The number of rotatable bonds is 7. The van der Waals surface area contributed by atoms with Gasteiger partial charge in [-0.15, -0.1) is 0 Å². The number of carbonyl (C=O) groups excluding carboxylic acids is 1. The summed E-state index contributed by atoms with van der Waals surface area (Å²) in [6.07, 6.45) is 1.31. The third-order valence-electron chi connectivity index (χ3n) is 3.23. The zero-order valence-electron chi connectivity index (χ0n) is 12.7. The number of nitro groups is 1. The molecule has 0 radical (unpaired) electrons. The van der Waals surface area contributed by atoms with Gasteiger partial charge in [0.25, 0.3) is 5.91 Å². The van der Waals surface area contributed by atoms with Gasteiger partial charge in [0.2, 0.25) is 5.75 Å². The van der Waals surface area contributed by atoms with E-state index in [0.717, 1.165) is 5.56 Å². The van der Waals surface area contributed by atoms with E-state index >= 15 is 0 Å². The van der Waals surface area contributed by atoms with Gasteiger partial charge >= 0.3 is 5.82 Å². The highest BCUT2D eigenvalue weighted by Gasteiger charge is 2.18. The second kappa shape index (κ2) is 7.88. The smallest absolute Gasteiger partial charge is 0.406 e. The Morgan fingerprint density at radius 1 is 1.26 bits per heavy atom. The predicted molar refractivity (Wildman–Crippen MR) is 83.9 cm³/mol. The first-order valence-corrected chi connectivity index (χ1v) is 7.15. The molecule has 0 spiro atoms. The van der Waals surface area contributed by atoms with Crippen LogP contribution in [0.25, 0.3) is 0 Å². The Labute approximate surface area is 133 Å². The first-order valence-electron chi connectivity index (χ1n) is 7.15. The number of pyridine rings is 1. The number of nitrogens with zero attached hydrogens (tertiary/aromatic N) is 3. The van der Waals surface area contributed by atoms with Gasteiger partial charge in [-0.05, 0) is 34.5 Å². The van der Waals surface area contributed by atoms with Crippen LogP contribution in [0, 0.1) is 10.1 Å². The SMILES string of the molecule is CCN(Cc1ccccc1)C(=O)COc1cccnc1[N+](=O)[O-]. The highest BCUT2D eigenvalue weighted by Crippen LogP contribution is 2.22. The van der Waals surface area contributed by atoms with Crippen molar-refractivity contribution in [2.75, 3.05) is 13.2 Å². The van der Waals surface area contributed by atoms with Gasteiger partial charge in [0.05, 0.1) is 0 Å². The molecule has 0 aliphatic heterocycles. The summed E-state index contributed by atoms with van der Waals surface area (Å²) in [4.78, 5) is 27.7. The minimum Gasteiger partial charge on any atom is -0.476 e. The van der Waals surface area contributed by atoms with Crippen LogP contribution in [0.2, 0.25) is 0 Å². The third-order valence-corrected chi connectivity index (χ3v) is 3.23. The molecule has 0 atom stereocenters. The molecule has 120 valence electrons. The second-order valence-corrected chi connectivity index (χ2v) is 4.76. The highest BCUT2D eigenvalue weighted by molar-refractivity contribution is 5.77. The van der Waals surface area contributed by atoms with Crippen molar-refractivity contribution in [3.05, 3.63) is 64.3 Å². The van der Waals surface area contributed by atoms with Gasteiger partial charge < -0.3 is 19.8 Å². The van der Waals surface area contributed by atoms with Crippen molar-refractivity contribution >= 4 is 11.7 Å². The van der Waals surface area contributed by atoms with Crippen LogP contribution in [-0.2, 0) is 11.3 Å². The molecule has 0 saturated carbocycles. The van der Waals surface area contributed by atoms with E-state index in [4.69, 9.17) is 4.74 Å². The summed E-state index contributed by atoms with van der Waals surface area (Å²) in [5.41, 5.74) is 1.01. The van der Waals surface area contributed by atoms with Gasteiger partial charge in [0.15, 0.2) is 6.61 Å². The van der Waals surface area contributed by atoms with Gasteiger partial charge in [-0.25, -0.2) is 0 Å². The lowest BCUT2D eigenvalue weighted by Gasteiger charge is -2.21. The Morgan fingerprint density at radius 2 is 2.00 bits per heavy atom. The monoisotopic (exact) mass is 315 g/mol. The number of ether oxygens (including phenoxy) is 1. The molecule has 1 aromatic carbocycles. The molecule has 0 saturated heterocycles. The number of amides is 1. The lowest BCUT2D eigenvalue weighted by Crippen LogP contribution is -2.34. The Kier molecular flexibility index (Phi) is 5.62. The first kappa shape index (κ1) is 16.4. The molecule has 0 aliphatic rings. The van der Waals surface area contributed by atoms with Gasteiger partial charge in [-0.1, -0.05) is 30.3 Å². The summed E-state index contributed by atoms with van der Waals surface area (Å²) in [7, 11) is 0. The van der Waals surface area contributed by atoms with E-state index < -0.39 is 10.7 Å². The molecule has 0 fully saturated rings. The van der Waals surface area contributed by atoms with E-state index in [-0.39, 0.29) is 18.3 Å². The molecule has 0 unspecified atom stereocenters. The Bertz CT molecular complexity index is 676. The fraction of sp³-hybridized carbons (Fsp3) is 0.250. The number of hydrogen-bond acceptors (Lipinski definition) is 5. The number of benzene rings is 1. The second-order valence-electron chi connectivity index (χ2n) is 4.76. The third kappa shape index (κ3) is 4.50. The quantitative estimate of drug-likeness (QED) is 0.578. The van der Waals surface area contributed by atoms with E-state index in [1.807, 2.05) is 37.3 Å². The lowest BCUT2D eigenvalue weighted by molar-refractivity contribution is -0.390. The Balaban J connectivity index is 1.99. The molecule has 7 nitrogen and oxygen atoms in total. The number of carbonyl (C=O) groups is 1. The zero-order valence-corrected chi connectivity index (χ0v) is 12.7. The maximum atomic E-state index is 12.2. The number of likely N-dealkylation sites (N-methyl/N-ethyl adjacent to an activating group) is 1. The van der Waals surface area contributed by atoms with Crippen molar-refractivity contribution in [2.45, 2.75) is 13.5 Å². The molecule has 0 bridgehead atoms. The van der Waals surface area contributed by atoms with Gasteiger partial charge in [-0.3, -0.25) is 4.79 Å². The summed E-state index contributed by atoms with van der Waals surface area (Å²) >= 11 is 0. The summed E-state index contributed by atoms with van der Waals surface area (Å²) in [5.74, 6) is -0.650. The molecular weight excluding hydrogens is 298 g/mol. The van der Waals surface area contributed by atoms with E-state index in [2.05, 4.69) is 4.98 Å². The fourth-order valence-electron chi connectivity index (χ4n) is 2.04. The van der Waals surface area contributed by atoms with Crippen LogP contribution in [0.15, 0.2) is 48.7 Å². The Hall–Kier alpha value is -2.96. The van der Waals surface area contributed by atoms with Gasteiger partial charge in [0, 0.05) is 13.1 Å². The van der Waals surface area contributed by atoms with Gasteiger partial charge in [-0.2, -0.15) is 0 Å². The van der Waals surface area contributed by atoms with Crippen molar-refractivity contribution in [1.29, 1.82) is 0 Å². The molecule has 0 aliphatic carbocycles. The maximum absolute atomic E-state index is 12.2. The molecule has 2 rings (SSSR count). The number of hydrogen-bond donors (Lipinski definition) is 0. The van der Waals surface area contributed by atoms with Crippen LogP contribution in [0.4, 0.5) is 5.82 Å². The van der Waals surface area contributed by atoms with Crippen molar-refractivity contribution in [1.82, 2.24) is 9.88 Å². The molecule has 1 aromatic heterocycles. The van der Waals surface area contributed by atoms with Crippen molar-refractivity contribution in [2.24, 2.45) is 0 Å². The largest absolute Gasteiger partial charge is 0.476 e. The van der Waals surface area contributed by atoms with E-state index in [0.29, 0.717) is 13.1 Å². The molecular formula is C16H17N3O4. The summed E-state index contributed by atoms with van der Waals surface area (Å²) in [5, 5.41) is 10.9. The lowest BCUT2D eigenvalue weighted by atomic mass is 10.2. The normalized spacial score (nSPS) is 10.1. The fourth-order valence-corrected chi connectivity index (χ4v) is 2.04. The minimum absolute atomic E-state index is 0.0124. The summed E-state index contributed by atoms with van der Waals surface area (Å²) < 4.78 is 5.29. The van der Waals surface area contributed by atoms with Crippen LogP contribution in [0.1, 0.15) is 12.5 Å². The molecule has 0 N–H and O–H groups in total. The van der Waals surface area contributed by atoms with Crippen LogP contribution in [-0.4, -0.2) is 33.9 Å². The predicted octanol–water partition coefficient (Wildman–Crippen LogP) is 2.42. The molecule has 7 heteroatoms. The van der Waals surface area contributed by atoms with Crippen molar-refractivity contribution < 1.29 is 14.5 Å². The first-order chi connectivity index (χ1) is 11.1. The zero-order chi connectivity index (χ0) is 16.7. The minimum atomic E-state index is -0.638. The Morgan fingerprint density at radius 3 is 2.65 bits per heavy atom. The molecule has 23 heavy (non-hydrogen) atoms. The van der Waals surface area contributed by atoms with E-state index in [1.165, 1.54) is 18.3 Å². The van der Waals surface area contributed by atoms with Crippen LogP contribution in [0.5, 0.6) is 5.75 Å². The van der Waals surface area contributed by atoms with E-state index in [9.17, 15) is 14.9 Å².